The number of amidine groups is 1. The van der Waals surface area contributed by atoms with E-state index in [4.69, 9.17) is 11.1 Å². The molecule has 0 fully saturated rings. The van der Waals surface area contributed by atoms with Gasteiger partial charge in [-0.1, -0.05) is 48.6 Å². The van der Waals surface area contributed by atoms with E-state index >= 15 is 0 Å². The van der Waals surface area contributed by atoms with Crippen LogP contribution in [0.4, 0.5) is 5.69 Å². The van der Waals surface area contributed by atoms with Crippen molar-refractivity contribution < 1.29 is 0 Å². The van der Waals surface area contributed by atoms with Crippen LogP contribution in [0.3, 0.4) is 0 Å². The summed E-state index contributed by atoms with van der Waals surface area (Å²) in [5.74, 6) is 0.0988. The van der Waals surface area contributed by atoms with E-state index in [-0.39, 0.29) is 5.84 Å². The van der Waals surface area contributed by atoms with Crippen LogP contribution in [0, 0.1) is 5.41 Å². The highest BCUT2D eigenvalue weighted by molar-refractivity contribution is 5.95. The van der Waals surface area contributed by atoms with Gasteiger partial charge in [0.05, 0.1) is 0 Å². The summed E-state index contributed by atoms with van der Waals surface area (Å²) >= 11 is 0. The third kappa shape index (κ3) is 3.72. The lowest BCUT2D eigenvalue weighted by Crippen LogP contribution is -2.16. The highest BCUT2D eigenvalue weighted by atomic mass is 15.1. The number of benzene rings is 2. The van der Waals surface area contributed by atoms with Crippen molar-refractivity contribution in [2.75, 3.05) is 18.5 Å². The number of hydrogen-bond acceptors (Lipinski definition) is 2. The lowest BCUT2D eigenvalue weighted by molar-refractivity contribution is 1.03. The number of hydrogen-bond donors (Lipinski definition) is 2. The number of anilines is 1. The highest BCUT2D eigenvalue weighted by Crippen LogP contribution is 2.11. The van der Waals surface area contributed by atoms with Crippen LogP contribution in [-0.4, -0.2) is 19.4 Å². The second-order valence-electron chi connectivity index (χ2n) is 4.66. The zero-order valence-electron chi connectivity index (χ0n) is 11.6. The Labute approximate surface area is 119 Å². The molecule has 0 aliphatic rings. The first kappa shape index (κ1) is 13.9. The fourth-order valence-electron chi connectivity index (χ4n) is 1.94. The fraction of sp³-hybridized carbons (Fsp3) is 0.118. The van der Waals surface area contributed by atoms with E-state index in [0.29, 0.717) is 0 Å². The molecule has 0 amide bonds. The molecule has 3 nitrogen and oxygen atoms in total. The second kappa shape index (κ2) is 6.57. The summed E-state index contributed by atoms with van der Waals surface area (Å²) in [6, 6.07) is 17.9. The summed E-state index contributed by atoms with van der Waals surface area (Å²) in [7, 11) is 2.06. The zero-order chi connectivity index (χ0) is 14.4. The van der Waals surface area contributed by atoms with Crippen molar-refractivity contribution in [3.05, 3.63) is 71.8 Å². The standard InChI is InChI=1S/C17H19N3/c1-20(16-10-3-2-4-11-16)12-6-8-14-7-5-9-15(13-14)17(18)19/h2-11,13H,12H2,1H3,(H3,18,19). The maximum atomic E-state index is 7.44. The van der Waals surface area contributed by atoms with Gasteiger partial charge in [-0.15, -0.1) is 0 Å². The van der Waals surface area contributed by atoms with Gasteiger partial charge in [-0.05, 0) is 23.8 Å². The maximum Gasteiger partial charge on any atom is 0.122 e. The predicted molar refractivity (Wildman–Crippen MR) is 86.2 cm³/mol. The Morgan fingerprint density at radius 2 is 1.90 bits per heavy atom. The molecule has 20 heavy (non-hydrogen) atoms. The molecule has 0 bridgehead atoms. The van der Waals surface area contributed by atoms with Gasteiger partial charge < -0.3 is 10.6 Å². The van der Waals surface area contributed by atoms with Gasteiger partial charge in [0.1, 0.15) is 5.84 Å². The molecule has 0 aliphatic carbocycles. The monoisotopic (exact) mass is 265 g/mol. The number of nitrogen functional groups attached to an aromatic ring is 1. The lowest BCUT2D eigenvalue weighted by atomic mass is 10.1. The van der Waals surface area contributed by atoms with Gasteiger partial charge in [0.15, 0.2) is 0 Å². The number of rotatable bonds is 5. The summed E-state index contributed by atoms with van der Waals surface area (Å²) in [6.07, 6.45) is 4.15. The first-order valence-corrected chi connectivity index (χ1v) is 6.54. The first-order chi connectivity index (χ1) is 9.66. The molecule has 0 unspecified atom stereocenters. The van der Waals surface area contributed by atoms with Crippen molar-refractivity contribution in [3.63, 3.8) is 0 Å². The maximum absolute atomic E-state index is 7.44. The van der Waals surface area contributed by atoms with Crippen molar-refractivity contribution in [1.29, 1.82) is 5.41 Å². The van der Waals surface area contributed by atoms with Crippen molar-refractivity contribution in [1.82, 2.24) is 0 Å². The molecule has 0 atom stereocenters. The molecule has 2 aromatic carbocycles. The van der Waals surface area contributed by atoms with Gasteiger partial charge in [-0.2, -0.15) is 0 Å². The summed E-state index contributed by atoms with van der Waals surface area (Å²) in [4.78, 5) is 2.17. The molecule has 0 aromatic heterocycles. The Hall–Kier alpha value is -2.55. The molecule has 2 rings (SSSR count). The molecule has 2 aromatic rings. The SMILES string of the molecule is CN(CC=Cc1cccc(C(=N)N)c1)c1ccccc1. The summed E-state index contributed by atoms with van der Waals surface area (Å²) in [6.45, 7) is 0.828. The van der Waals surface area contributed by atoms with E-state index < -0.39 is 0 Å². The summed E-state index contributed by atoms with van der Waals surface area (Å²) < 4.78 is 0. The van der Waals surface area contributed by atoms with Crippen molar-refractivity contribution in [2.45, 2.75) is 0 Å². The van der Waals surface area contributed by atoms with Gasteiger partial charge in [-0.3, -0.25) is 5.41 Å². The Bertz CT molecular complexity index is 603. The molecule has 0 saturated heterocycles. The largest absolute Gasteiger partial charge is 0.384 e. The van der Waals surface area contributed by atoms with Crippen LogP contribution in [0.5, 0.6) is 0 Å². The summed E-state index contributed by atoms with van der Waals surface area (Å²) in [5.41, 5.74) is 8.48. The fourth-order valence-corrected chi connectivity index (χ4v) is 1.94. The van der Waals surface area contributed by atoms with Crippen LogP contribution in [0.25, 0.3) is 6.08 Å². The topological polar surface area (TPSA) is 53.1 Å². The van der Waals surface area contributed by atoms with E-state index in [1.165, 1.54) is 5.69 Å². The van der Waals surface area contributed by atoms with Crippen molar-refractivity contribution >= 4 is 17.6 Å². The van der Waals surface area contributed by atoms with Crippen LogP contribution >= 0.6 is 0 Å². The van der Waals surface area contributed by atoms with E-state index in [1.807, 2.05) is 48.5 Å². The third-order valence-corrected chi connectivity index (χ3v) is 3.08. The van der Waals surface area contributed by atoms with Crippen LogP contribution in [0.2, 0.25) is 0 Å². The molecule has 3 heteroatoms. The van der Waals surface area contributed by atoms with Gasteiger partial charge in [-0.25, -0.2) is 0 Å². The number of nitrogens with one attached hydrogen (secondary N) is 1. The molecule has 0 radical (unpaired) electrons. The quantitative estimate of drug-likeness (QED) is 0.644. The van der Waals surface area contributed by atoms with Gasteiger partial charge in [0, 0.05) is 24.8 Å². The normalized spacial score (nSPS) is 10.7. The Balaban J connectivity index is 2.00. The van der Waals surface area contributed by atoms with Crippen LogP contribution in [0.1, 0.15) is 11.1 Å². The van der Waals surface area contributed by atoms with Gasteiger partial charge in [0.25, 0.3) is 0 Å². The van der Waals surface area contributed by atoms with Crippen LogP contribution in [-0.2, 0) is 0 Å². The van der Waals surface area contributed by atoms with Crippen LogP contribution in [0.15, 0.2) is 60.7 Å². The molecule has 0 heterocycles. The van der Waals surface area contributed by atoms with Crippen molar-refractivity contribution in [3.8, 4) is 0 Å². The molecule has 0 saturated carbocycles. The minimum atomic E-state index is 0.0988. The van der Waals surface area contributed by atoms with Gasteiger partial charge in [0.2, 0.25) is 0 Å². The average Bonchev–Trinajstić information content (AvgIpc) is 2.48. The molecule has 0 spiro atoms. The highest BCUT2D eigenvalue weighted by Gasteiger charge is 1.97. The number of para-hydroxylation sites is 1. The Morgan fingerprint density at radius 1 is 1.15 bits per heavy atom. The Kier molecular flexibility index (Phi) is 4.56. The molecule has 3 N–H and O–H groups in total. The molecular weight excluding hydrogens is 246 g/mol. The Morgan fingerprint density at radius 3 is 2.60 bits per heavy atom. The van der Waals surface area contributed by atoms with Gasteiger partial charge >= 0.3 is 0 Å². The second-order valence-corrected chi connectivity index (χ2v) is 4.66. The third-order valence-electron chi connectivity index (χ3n) is 3.08. The van der Waals surface area contributed by atoms with E-state index in [0.717, 1.165) is 17.7 Å². The van der Waals surface area contributed by atoms with E-state index in [2.05, 4.69) is 30.2 Å². The molecule has 102 valence electrons. The number of nitrogens with two attached hydrogens (primary N) is 1. The zero-order valence-corrected chi connectivity index (χ0v) is 11.6. The van der Waals surface area contributed by atoms with Crippen LogP contribution < -0.4 is 10.6 Å². The smallest absolute Gasteiger partial charge is 0.122 e. The van der Waals surface area contributed by atoms with E-state index in [1.54, 1.807) is 0 Å². The molecule has 0 aliphatic heterocycles. The molecular formula is C17H19N3. The van der Waals surface area contributed by atoms with E-state index in [9.17, 15) is 0 Å². The number of nitrogens with zero attached hydrogens (tertiary/aromatic N) is 1. The summed E-state index contributed by atoms with van der Waals surface area (Å²) in [5, 5.41) is 7.44. The number of likely N-dealkylation sites (N-methyl/N-ethyl adjacent to an activating group) is 1. The first-order valence-electron chi connectivity index (χ1n) is 6.54. The van der Waals surface area contributed by atoms with Crippen molar-refractivity contribution in [2.24, 2.45) is 5.73 Å². The lowest BCUT2D eigenvalue weighted by Gasteiger charge is -2.16. The minimum Gasteiger partial charge on any atom is -0.384 e. The minimum absolute atomic E-state index is 0.0988. The predicted octanol–water partition coefficient (Wildman–Crippen LogP) is 3.12. The average molecular weight is 265 g/mol.